The quantitative estimate of drug-likeness (QED) is 0.731. The summed E-state index contributed by atoms with van der Waals surface area (Å²) in [6.07, 6.45) is 6.03. The Balaban J connectivity index is 2.31. The van der Waals surface area contributed by atoms with Crippen LogP contribution in [0.3, 0.4) is 0 Å². The first-order valence-corrected chi connectivity index (χ1v) is 4.98. The third kappa shape index (κ3) is 3.35. The van der Waals surface area contributed by atoms with Gasteiger partial charge in [-0.25, -0.2) is 0 Å². The Morgan fingerprint density at radius 2 is 2.15 bits per heavy atom. The molecule has 0 spiro atoms. The second-order valence-corrected chi connectivity index (χ2v) is 3.75. The first-order valence-electron chi connectivity index (χ1n) is 4.98. The van der Waals surface area contributed by atoms with Crippen LogP contribution in [0.15, 0.2) is 0 Å². The van der Waals surface area contributed by atoms with Gasteiger partial charge in [-0.2, -0.15) is 0 Å². The van der Waals surface area contributed by atoms with Gasteiger partial charge >= 0.3 is 5.97 Å². The number of aliphatic carboxylic acids is 1. The summed E-state index contributed by atoms with van der Waals surface area (Å²) in [5.41, 5.74) is 0. The third-order valence-electron chi connectivity index (χ3n) is 2.87. The van der Waals surface area contributed by atoms with Crippen molar-refractivity contribution in [3.05, 3.63) is 0 Å². The highest BCUT2D eigenvalue weighted by Gasteiger charge is 2.24. The van der Waals surface area contributed by atoms with E-state index in [2.05, 4.69) is 0 Å². The van der Waals surface area contributed by atoms with Crippen LogP contribution in [0.4, 0.5) is 0 Å². The summed E-state index contributed by atoms with van der Waals surface area (Å²) in [7, 11) is 1.73. The Morgan fingerprint density at radius 3 is 2.77 bits per heavy atom. The standard InChI is InChI=1S/C10H18O3/c1-13-9-5-3-2-4-8(9)6-7-10(11)12/h8-9H,2-7H2,1H3,(H,11,12). The minimum Gasteiger partial charge on any atom is -0.481 e. The molecule has 0 aliphatic heterocycles. The van der Waals surface area contributed by atoms with Gasteiger partial charge in [-0.05, 0) is 25.2 Å². The minimum absolute atomic E-state index is 0.282. The molecule has 2 unspecified atom stereocenters. The topological polar surface area (TPSA) is 46.5 Å². The number of carboxylic acids is 1. The summed E-state index contributed by atoms with van der Waals surface area (Å²) in [6.45, 7) is 0. The van der Waals surface area contributed by atoms with Crippen LogP contribution in [0.5, 0.6) is 0 Å². The van der Waals surface area contributed by atoms with Crippen LogP contribution >= 0.6 is 0 Å². The van der Waals surface area contributed by atoms with E-state index in [1.54, 1.807) is 7.11 Å². The number of carboxylic acid groups (broad SMARTS) is 1. The predicted molar refractivity (Wildman–Crippen MR) is 49.6 cm³/mol. The van der Waals surface area contributed by atoms with Crippen molar-refractivity contribution in [2.24, 2.45) is 5.92 Å². The average Bonchev–Trinajstić information content (AvgIpc) is 2.15. The summed E-state index contributed by atoms with van der Waals surface area (Å²) in [4.78, 5) is 10.4. The fourth-order valence-electron chi connectivity index (χ4n) is 2.12. The van der Waals surface area contributed by atoms with Crippen LogP contribution in [-0.2, 0) is 9.53 Å². The lowest BCUT2D eigenvalue weighted by atomic mass is 9.83. The Hall–Kier alpha value is -0.570. The molecule has 0 saturated heterocycles. The Bertz CT molecular complexity index is 168. The third-order valence-corrected chi connectivity index (χ3v) is 2.87. The van der Waals surface area contributed by atoms with Gasteiger partial charge in [0.1, 0.15) is 0 Å². The molecule has 0 radical (unpaired) electrons. The van der Waals surface area contributed by atoms with Gasteiger partial charge in [0.2, 0.25) is 0 Å². The highest BCUT2D eigenvalue weighted by atomic mass is 16.5. The molecule has 2 atom stereocenters. The fourth-order valence-corrected chi connectivity index (χ4v) is 2.12. The molecule has 76 valence electrons. The average molecular weight is 186 g/mol. The lowest BCUT2D eigenvalue weighted by Crippen LogP contribution is -2.27. The van der Waals surface area contributed by atoms with Crippen molar-refractivity contribution in [3.8, 4) is 0 Å². The maximum absolute atomic E-state index is 10.4. The van der Waals surface area contributed by atoms with Gasteiger partial charge in [-0.3, -0.25) is 4.79 Å². The molecule has 1 N–H and O–H groups in total. The normalized spacial score (nSPS) is 28.7. The molecule has 0 heterocycles. The van der Waals surface area contributed by atoms with E-state index in [0.29, 0.717) is 12.0 Å². The highest BCUT2D eigenvalue weighted by molar-refractivity contribution is 5.66. The van der Waals surface area contributed by atoms with Gasteiger partial charge in [0.25, 0.3) is 0 Å². The Morgan fingerprint density at radius 1 is 1.46 bits per heavy atom. The van der Waals surface area contributed by atoms with Gasteiger partial charge < -0.3 is 9.84 Å². The molecule has 0 bridgehead atoms. The first kappa shape index (κ1) is 10.5. The summed E-state index contributed by atoms with van der Waals surface area (Å²) in [5.74, 6) is -0.227. The van der Waals surface area contributed by atoms with E-state index in [1.807, 2.05) is 0 Å². The zero-order chi connectivity index (χ0) is 9.68. The summed E-state index contributed by atoms with van der Waals surface area (Å²) in [6, 6.07) is 0. The van der Waals surface area contributed by atoms with Crippen molar-refractivity contribution >= 4 is 5.97 Å². The molecule has 1 rings (SSSR count). The van der Waals surface area contributed by atoms with Crippen molar-refractivity contribution < 1.29 is 14.6 Å². The van der Waals surface area contributed by atoms with E-state index in [-0.39, 0.29) is 6.42 Å². The van der Waals surface area contributed by atoms with Gasteiger partial charge in [-0.15, -0.1) is 0 Å². The maximum Gasteiger partial charge on any atom is 0.303 e. The monoisotopic (exact) mass is 186 g/mol. The molecule has 3 nitrogen and oxygen atoms in total. The zero-order valence-corrected chi connectivity index (χ0v) is 8.16. The van der Waals surface area contributed by atoms with Crippen molar-refractivity contribution in [3.63, 3.8) is 0 Å². The van der Waals surface area contributed by atoms with E-state index in [1.165, 1.54) is 12.8 Å². The molecule has 1 saturated carbocycles. The Kier molecular flexibility index (Phi) is 4.22. The van der Waals surface area contributed by atoms with E-state index >= 15 is 0 Å². The van der Waals surface area contributed by atoms with E-state index in [0.717, 1.165) is 19.3 Å². The van der Waals surface area contributed by atoms with E-state index in [4.69, 9.17) is 9.84 Å². The molecule has 1 aliphatic carbocycles. The smallest absolute Gasteiger partial charge is 0.303 e. The van der Waals surface area contributed by atoms with E-state index in [9.17, 15) is 4.79 Å². The van der Waals surface area contributed by atoms with Crippen molar-refractivity contribution in [1.29, 1.82) is 0 Å². The number of carbonyl (C=O) groups is 1. The summed E-state index contributed by atoms with van der Waals surface area (Å²) in [5, 5.41) is 8.56. The molecule has 0 aromatic heterocycles. The first-order chi connectivity index (χ1) is 6.24. The van der Waals surface area contributed by atoms with Gasteiger partial charge in [0.15, 0.2) is 0 Å². The molecular formula is C10H18O3. The maximum atomic E-state index is 10.4. The zero-order valence-electron chi connectivity index (χ0n) is 8.16. The number of hydrogen-bond donors (Lipinski definition) is 1. The number of rotatable bonds is 4. The lowest BCUT2D eigenvalue weighted by Gasteiger charge is -2.29. The summed E-state index contributed by atoms with van der Waals surface area (Å²) < 4.78 is 5.34. The fraction of sp³-hybridized carbons (Fsp3) is 0.900. The number of hydrogen-bond acceptors (Lipinski definition) is 2. The van der Waals surface area contributed by atoms with E-state index < -0.39 is 5.97 Å². The van der Waals surface area contributed by atoms with Crippen LogP contribution in [0.25, 0.3) is 0 Å². The van der Waals surface area contributed by atoms with Gasteiger partial charge in [-0.1, -0.05) is 12.8 Å². The van der Waals surface area contributed by atoms with Gasteiger partial charge in [0.05, 0.1) is 6.10 Å². The summed E-state index contributed by atoms with van der Waals surface area (Å²) >= 11 is 0. The molecule has 1 aliphatic rings. The van der Waals surface area contributed by atoms with Crippen LogP contribution in [0.2, 0.25) is 0 Å². The molecule has 0 amide bonds. The number of ether oxygens (including phenoxy) is 1. The highest BCUT2D eigenvalue weighted by Crippen LogP contribution is 2.29. The van der Waals surface area contributed by atoms with Crippen LogP contribution < -0.4 is 0 Å². The molecule has 0 aromatic rings. The van der Waals surface area contributed by atoms with Crippen LogP contribution in [0, 0.1) is 5.92 Å². The van der Waals surface area contributed by atoms with Crippen molar-refractivity contribution in [2.45, 2.75) is 44.6 Å². The second kappa shape index (κ2) is 5.22. The SMILES string of the molecule is COC1CCCCC1CCC(=O)O. The van der Waals surface area contributed by atoms with Crippen molar-refractivity contribution in [1.82, 2.24) is 0 Å². The Labute approximate surface area is 79.1 Å². The van der Waals surface area contributed by atoms with Gasteiger partial charge in [0, 0.05) is 13.5 Å². The van der Waals surface area contributed by atoms with Crippen molar-refractivity contribution in [2.75, 3.05) is 7.11 Å². The molecular weight excluding hydrogens is 168 g/mol. The molecule has 1 fully saturated rings. The molecule has 13 heavy (non-hydrogen) atoms. The van der Waals surface area contributed by atoms with Crippen LogP contribution in [-0.4, -0.2) is 24.3 Å². The number of methoxy groups -OCH3 is 1. The lowest BCUT2D eigenvalue weighted by molar-refractivity contribution is -0.137. The predicted octanol–water partition coefficient (Wildman–Crippen LogP) is 2.06. The van der Waals surface area contributed by atoms with Crippen LogP contribution in [0.1, 0.15) is 38.5 Å². The second-order valence-electron chi connectivity index (χ2n) is 3.75. The minimum atomic E-state index is -0.694. The molecule has 3 heteroatoms. The largest absolute Gasteiger partial charge is 0.481 e. The molecule has 0 aromatic carbocycles.